The van der Waals surface area contributed by atoms with Gasteiger partial charge in [0.15, 0.2) is 0 Å². The summed E-state index contributed by atoms with van der Waals surface area (Å²) in [5.74, 6) is -1.79. The molecule has 3 aromatic rings. The average Bonchev–Trinajstić information content (AvgIpc) is 3.45. The Balaban J connectivity index is 1.69. The highest BCUT2D eigenvalue weighted by molar-refractivity contribution is 7.92. The number of aromatic nitrogens is 2. The summed E-state index contributed by atoms with van der Waals surface area (Å²) in [4.78, 5) is 18.6. The minimum atomic E-state index is -4.24. The molecule has 0 radical (unpaired) electrons. The van der Waals surface area contributed by atoms with E-state index in [0.717, 1.165) is 36.7 Å². The van der Waals surface area contributed by atoms with Crippen molar-refractivity contribution in [2.45, 2.75) is 31.2 Å². The molecule has 1 amide bonds. The summed E-state index contributed by atoms with van der Waals surface area (Å²) in [6.45, 7) is 3.13. The van der Waals surface area contributed by atoms with Gasteiger partial charge in [-0.25, -0.2) is 22.2 Å². The number of sulfonamides is 1. The van der Waals surface area contributed by atoms with Crippen LogP contribution in [0.15, 0.2) is 40.7 Å². The molecule has 31 heavy (non-hydrogen) atoms. The molecular weight excluding hydrogens is 446 g/mol. The van der Waals surface area contributed by atoms with E-state index in [2.05, 4.69) is 9.71 Å². The van der Waals surface area contributed by atoms with E-state index in [4.69, 9.17) is 0 Å². The Morgan fingerprint density at radius 2 is 1.97 bits per heavy atom. The van der Waals surface area contributed by atoms with E-state index in [-0.39, 0.29) is 17.3 Å². The fraction of sp³-hybridized carbons (Fsp3) is 0.300. The van der Waals surface area contributed by atoms with Crippen LogP contribution >= 0.6 is 11.3 Å². The first-order chi connectivity index (χ1) is 14.7. The molecule has 0 atom stereocenters. The number of carbonyl (C=O) groups excluding carboxylic acids is 1. The molecule has 164 valence electrons. The number of nitrogens with zero attached hydrogens (tertiary/aromatic N) is 3. The van der Waals surface area contributed by atoms with Gasteiger partial charge in [0.25, 0.3) is 10.0 Å². The highest BCUT2D eigenvalue weighted by Gasteiger charge is 2.25. The SMILES string of the molecule is Cc1csc(-c2cc(S(=O)(=O)Nc3cc(F)ccc3F)cn2CC(=O)N2CCCC2)n1. The van der Waals surface area contributed by atoms with E-state index >= 15 is 0 Å². The summed E-state index contributed by atoms with van der Waals surface area (Å²) in [7, 11) is -4.24. The van der Waals surface area contributed by atoms with Gasteiger partial charge in [-0.15, -0.1) is 11.3 Å². The van der Waals surface area contributed by atoms with Gasteiger partial charge < -0.3 is 9.47 Å². The molecule has 1 aliphatic heterocycles. The van der Waals surface area contributed by atoms with Crippen LogP contribution in [0.2, 0.25) is 0 Å². The third-order valence-corrected chi connectivity index (χ3v) is 7.27. The number of likely N-dealkylation sites (tertiary alicyclic amines) is 1. The topological polar surface area (TPSA) is 84.3 Å². The smallest absolute Gasteiger partial charge is 0.263 e. The number of carbonyl (C=O) groups is 1. The molecule has 0 unspecified atom stereocenters. The maximum atomic E-state index is 14.0. The molecule has 1 aromatic carbocycles. The fourth-order valence-corrected chi connectivity index (χ4v) is 5.33. The van der Waals surface area contributed by atoms with E-state index in [1.807, 2.05) is 12.3 Å². The second-order valence-corrected chi connectivity index (χ2v) is 9.84. The van der Waals surface area contributed by atoms with E-state index in [1.54, 1.807) is 4.90 Å². The number of rotatable bonds is 6. The molecule has 0 aliphatic carbocycles. The van der Waals surface area contributed by atoms with Crippen LogP contribution in [-0.4, -0.2) is 41.9 Å². The van der Waals surface area contributed by atoms with Crippen molar-refractivity contribution < 1.29 is 22.0 Å². The van der Waals surface area contributed by atoms with Crippen LogP contribution in [0.25, 0.3) is 10.7 Å². The molecule has 7 nitrogen and oxygen atoms in total. The Labute approximate surface area is 182 Å². The molecule has 0 bridgehead atoms. The molecule has 11 heteroatoms. The highest BCUT2D eigenvalue weighted by Crippen LogP contribution is 2.29. The lowest BCUT2D eigenvalue weighted by Crippen LogP contribution is -2.31. The minimum Gasteiger partial charge on any atom is -0.341 e. The van der Waals surface area contributed by atoms with Crippen molar-refractivity contribution in [3.63, 3.8) is 0 Å². The van der Waals surface area contributed by atoms with Gasteiger partial charge in [0.2, 0.25) is 5.91 Å². The molecule has 1 N–H and O–H groups in total. The lowest BCUT2D eigenvalue weighted by atomic mass is 10.3. The van der Waals surface area contributed by atoms with Crippen LogP contribution in [0, 0.1) is 18.6 Å². The first-order valence-electron chi connectivity index (χ1n) is 9.61. The van der Waals surface area contributed by atoms with Crippen molar-refractivity contribution in [1.82, 2.24) is 14.5 Å². The van der Waals surface area contributed by atoms with E-state index < -0.39 is 27.3 Å². The molecule has 4 rings (SSSR count). The Bertz CT molecular complexity index is 1230. The number of halogens is 2. The number of aryl methyl sites for hydroxylation is 1. The summed E-state index contributed by atoms with van der Waals surface area (Å²) in [6.07, 6.45) is 3.21. The Morgan fingerprint density at radius 1 is 1.23 bits per heavy atom. The molecule has 1 aliphatic rings. The normalized spacial score (nSPS) is 14.2. The lowest BCUT2D eigenvalue weighted by molar-refractivity contribution is -0.130. The van der Waals surface area contributed by atoms with Crippen molar-refractivity contribution in [3.8, 4) is 10.7 Å². The Hall–Kier alpha value is -2.79. The van der Waals surface area contributed by atoms with Crippen molar-refractivity contribution in [1.29, 1.82) is 0 Å². The summed E-state index contributed by atoms with van der Waals surface area (Å²) < 4.78 is 56.8. The molecule has 3 heterocycles. The van der Waals surface area contributed by atoms with Crippen LogP contribution in [0.5, 0.6) is 0 Å². The largest absolute Gasteiger partial charge is 0.341 e. The van der Waals surface area contributed by atoms with Crippen molar-refractivity contribution in [3.05, 3.63) is 53.2 Å². The van der Waals surface area contributed by atoms with Crippen molar-refractivity contribution >= 4 is 33.0 Å². The second-order valence-electron chi connectivity index (χ2n) is 7.30. The number of nitrogens with one attached hydrogen (secondary N) is 1. The molecular formula is C20H20F2N4O3S2. The third kappa shape index (κ3) is 4.62. The van der Waals surface area contributed by atoms with Crippen molar-refractivity contribution in [2.24, 2.45) is 0 Å². The number of hydrogen-bond acceptors (Lipinski definition) is 5. The van der Waals surface area contributed by atoms with Crippen LogP contribution in [0.4, 0.5) is 14.5 Å². The monoisotopic (exact) mass is 466 g/mol. The predicted octanol–water partition coefficient (Wildman–Crippen LogP) is 3.62. The summed E-state index contributed by atoms with van der Waals surface area (Å²) in [5, 5.41) is 2.38. The van der Waals surface area contributed by atoms with Gasteiger partial charge in [-0.3, -0.25) is 9.52 Å². The van der Waals surface area contributed by atoms with Crippen LogP contribution in [0.1, 0.15) is 18.5 Å². The zero-order valence-electron chi connectivity index (χ0n) is 16.6. The summed E-state index contributed by atoms with van der Waals surface area (Å²) in [6, 6.07) is 3.90. The number of benzene rings is 1. The molecule has 1 fully saturated rings. The van der Waals surface area contributed by atoms with Gasteiger partial charge in [-0.05, 0) is 38.0 Å². The standard InChI is InChI=1S/C20H20F2N4O3S2/c1-13-12-30-20(23-13)18-9-15(10-26(18)11-19(27)25-6-2-3-7-25)31(28,29)24-17-8-14(21)4-5-16(17)22/h4-5,8-10,12,24H,2-3,6-7,11H2,1H3. The quantitative estimate of drug-likeness (QED) is 0.601. The van der Waals surface area contributed by atoms with E-state index in [1.165, 1.54) is 28.2 Å². The van der Waals surface area contributed by atoms with Crippen LogP contribution in [0.3, 0.4) is 0 Å². The first-order valence-corrected chi connectivity index (χ1v) is 12.0. The number of thiazole rings is 1. The fourth-order valence-electron chi connectivity index (χ4n) is 3.40. The Kier molecular flexibility index (Phi) is 5.80. The van der Waals surface area contributed by atoms with Gasteiger partial charge in [0.1, 0.15) is 28.1 Å². The summed E-state index contributed by atoms with van der Waals surface area (Å²) in [5.41, 5.74) is 0.737. The Morgan fingerprint density at radius 3 is 2.65 bits per heavy atom. The second kappa shape index (κ2) is 8.39. The van der Waals surface area contributed by atoms with Gasteiger partial charge in [0.05, 0.1) is 11.4 Å². The number of anilines is 1. The van der Waals surface area contributed by atoms with Gasteiger partial charge in [-0.1, -0.05) is 0 Å². The van der Waals surface area contributed by atoms with Crippen molar-refractivity contribution in [2.75, 3.05) is 17.8 Å². The van der Waals surface area contributed by atoms with E-state index in [0.29, 0.717) is 23.8 Å². The lowest BCUT2D eigenvalue weighted by Gasteiger charge is -2.16. The predicted molar refractivity (Wildman–Crippen MR) is 113 cm³/mol. The number of hydrogen-bond donors (Lipinski definition) is 1. The molecule has 1 saturated heterocycles. The molecule has 2 aromatic heterocycles. The van der Waals surface area contributed by atoms with Crippen LogP contribution < -0.4 is 4.72 Å². The maximum Gasteiger partial charge on any atom is 0.263 e. The van der Waals surface area contributed by atoms with Gasteiger partial charge in [-0.2, -0.15) is 0 Å². The number of amides is 1. The molecule has 0 saturated carbocycles. The minimum absolute atomic E-state index is 0.0438. The van der Waals surface area contributed by atoms with Gasteiger partial charge >= 0.3 is 0 Å². The van der Waals surface area contributed by atoms with Gasteiger partial charge in [0, 0.05) is 36.4 Å². The first kappa shape index (κ1) is 21.4. The zero-order valence-corrected chi connectivity index (χ0v) is 18.3. The summed E-state index contributed by atoms with van der Waals surface area (Å²) >= 11 is 1.33. The third-order valence-electron chi connectivity index (χ3n) is 4.96. The highest BCUT2D eigenvalue weighted by atomic mass is 32.2. The maximum absolute atomic E-state index is 14.0. The molecule has 0 spiro atoms. The van der Waals surface area contributed by atoms with E-state index in [9.17, 15) is 22.0 Å². The average molecular weight is 467 g/mol. The van der Waals surface area contributed by atoms with Crippen LogP contribution in [-0.2, 0) is 21.4 Å². The zero-order chi connectivity index (χ0) is 22.2.